The summed E-state index contributed by atoms with van der Waals surface area (Å²) in [5.41, 5.74) is 0. The molecule has 2 aliphatic rings. The molecule has 2 aliphatic heterocycles. The van der Waals surface area contributed by atoms with Crippen molar-refractivity contribution in [2.45, 2.75) is 0 Å². The van der Waals surface area contributed by atoms with E-state index in [1.165, 1.54) is 0 Å². The molecule has 0 bridgehead atoms. The molecule has 11 heteroatoms. The summed E-state index contributed by atoms with van der Waals surface area (Å²) in [6, 6.07) is 0. The van der Waals surface area contributed by atoms with E-state index in [4.69, 9.17) is 0 Å². The third-order valence-electron chi connectivity index (χ3n) is 1.28. The van der Waals surface area contributed by atoms with Crippen molar-refractivity contribution in [2.75, 3.05) is 0 Å². The van der Waals surface area contributed by atoms with Crippen LogP contribution in [0, 0.1) is 0 Å². The van der Waals surface area contributed by atoms with Crippen LogP contribution in [0.4, 0.5) is 0 Å². The Morgan fingerprint density at radius 1 is 0.684 bits per heavy atom. The van der Waals surface area contributed by atoms with E-state index >= 15 is 0 Å². The summed E-state index contributed by atoms with van der Waals surface area (Å²) in [6.45, 7) is 0. The van der Waals surface area contributed by atoms with E-state index < -0.39 is 27.2 Å². The zero-order valence-electron chi connectivity index (χ0n) is 9.45. The van der Waals surface area contributed by atoms with Crippen molar-refractivity contribution in [1.82, 2.24) is 0 Å². The molecule has 0 aromatic heterocycles. The van der Waals surface area contributed by atoms with Crippen molar-refractivity contribution in [3.63, 3.8) is 0 Å². The fourth-order valence-corrected chi connectivity index (χ4v) is 2.38. The van der Waals surface area contributed by atoms with Gasteiger partial charge in [-0.05, 0) is 24.3 Å². The van der Waals surface area contributed by atoms with Gasteiger partial charge < -0.3 is 0 Å². The summed E-state index contributed by atoms with van der Waals surface area (Å²) < 4.78 is 58.9. The Hall–Kier alpha value is -0.975. The molecule has 0 atom stereocenters. The van der Waals surface area contributed by atoms with Crippen LogP contribution in [-0.2, 0) is 45.3 Å². The fraction of sp³-hybridized carbons (Fsp3) is 0. The van der Waals surface area contributed by atoms with Crippen molar-refractivity contribution in [2.24, 2.45) is 0 Å². The minimum atomic E-state index is -6.07. The molecule has 108 valence electrons. The first-order valence-corrected chi connectivity index (χ1v) is 8.83. The van der Waals surface area contributed by atoms with Crippen molar-refractivity contribution in [3.8, 4) is 0 Å². The van der Waals surface area contributed by atoms with Gasteiger partial charge in [0.2, 0.25) is 0 Å². The Bertz CT molecular complexity index is 500. The molecule has 19 heavy (non-hydrogen) atoms. The van der Waals surface area contributed by atoms with E-state index in [-0.39, 0.29) is 0 Å². The Morgan fingerprint density at radius 2 is 0.947 bits per heavy atom. The van der Waals surface area contributed by atoms with Gasteiger partial charge in [0.15, 0.2) is 0 Å². The first kappa shape index (κ1) is 18.0. The molecule has 4 N–H and O–H groups in total. The molecule has 0 aliphatic carbocycles. The molecule has 0 fully saturated rings. The van der Waals surface area contributed by atoms with E-state index in [9.17, 15) is 23.5 Å². The van der Waals surface area contributed by atoms with Gasteiger partial charge in [0.05, 0.1) is 24.8 Å². The van der Waals surface area contributed by atoms with Gasteiger partial charge in [0, 0.05) is 0 Å². The second-order valence-electron chi connectivity index (χ2n) is 2.81. The van der Waals surface area contributed by atoms with Crippen molar-refractivity contribution < 1.29 is 64.2 Å². The average molecular weight is 352 g/mol. The molecule has 0 saturated heterocycles. The molecule has 9 nitrogen and oxygen atoms in total. The van der Waals surface area contributed by atoms with Gasteiger partial charge in [-0.15, -0.1) is 0 Å². The van der Waals surface area contributed by atoms with Crippen LogP contribution in [0.25, 0.3) is 0 Å². The zero-order valence-corrected chi connectivity index (χ0v) is 12.0. The fourth-order valence-electron chi connectivity index (χ4n) is 0.744. The van der Waals surface area contributed by atoms with E-state index in [2.05, 4.69) is 2.84 Å². The number of quaternary nitrogens is 2. The van der Waals surface area contributed by atoms with Crippen LogP contribution in [0.2, 0.25) is 0 Å². The number of hydrogen-bond donors (Lipinski definition) is 2. The monoisotopic (exact) mass is 352 g/mol. The summed E-state index contributed by atoms with van der Waals surface area (Å²) in [5.74, 6) is 0. The zero-order chi connectivity index (χ0) is 14.8. The van der Waals surface area contributed by atoms with E-state index in [1.807, 2.05) is 59.7 Å². The standard InChI is InChI=1S/2C4H5N.2Cr.7O/c2*1-2-4-5-3-1;;;;;;;;;/h2*1-5H;;;;;;;;;/q;;;;;;;;;2*-1/p+2. The van der Waals surface area contributed by atoms with Crippen molar-refractivity contribution in [3.05, 3.63) is 49.1 Å². The van der Waals surface area contributed by atoms with Crippen molar-refractivity contribution >= 4 is 0 Å². The number of nitrogens with two attached hydrogens (primary N) is 2. The summed E-state index contributed by atoms with van der Waals surface area (Å²) in [5, 5.41) is 4.00. The van der Waals surface area contributed by atoms with Gasteiger partial charge >= 0.3 is 53.6 Å². The second kappa shape index (κ2) is 9.01. The molecule has 0 saturated carbocycles. The third kappa shape index (κ3) is 17.0. The first-order chi connectivity index (χ1) is 8.71. The van der Waals surface area contributed by atoms with Crippen LogP contribution >= 0.6 is 0 Å². The van der Waals surface area contributed by atoms with Crippen LogP contribution in [0.15, 0.2) is 49.1 Å². The Kier molecular flexibility index (Phi) is 8.55. The van der Waals surface area contributed by atoms with E-state index in [0.717, 1.165) is 0 Å². The van der Waals surface area contributed by atoms with Crippen LogP contribution < -0.4 is 18.9 Å². The SMILES string of the molecule is C1=C[NH2+]C=C1.C1=C[NH2+]C=C1.[O]=[Cr](=[O])([O-])[O][Cr](=[O])(=[O])[O-]. The third-order valence-corrected chi connectivity index (χ3v) is 3.94. The molecule has 0 spiro atoms. The molecule has 0 amide bonds. The predicted octanol–water partition coefficient (Wildman–Crippen LogP) is -3.74. The van der Waals surface area contributed by atoms with Gasteiger partial charge in [0.1, 0.15) is 0 Å². The summed E-state index contributed by atoms with van der Waals surface area (Å²) in [6.07, 6.45) is 16.0. The van der Waals surface area contributed by atoms with Gasteiger partial charge in [-0.2, -0.15) is 0 Å². The minimum absolute atomic E-state index is 2.00. The topological polar surface area (TPSA) is 157 Å². The van der Waals surface area contributed by atoms with Gasteiger partial charge in [0.25, 0.3) is 0 Å². The molecular weight excluding hydrogens is 340 g/mol. The maximum absolute atomic E-state index is 9.38. The molecule has 2 rings (SSSR count). The van der Waals surface area contributed by atoms with Crippen LogP contribution in [0.3, 0.4) is 0 Å². The predicted molar refractivity (Wildman–Crippen MR) is 44.2 cm³/mol. The summed E-state index contributed by atoms with van der Waals surface area (Å²) >= 11 is -12.1. The Labute approximate surface area is 113 Å². The van der Waals surface area contributed by atoms with Crippen LogP contribution in [0.1, 0.15) is 0 Å². The van der Waals surface area contributed by atoms with Gasteiger partial charge in [-0.3, -0.25) is 10.6 Å². The molecule has 0 aromatic carbocycles. The Morgan fingerprint density at radius 3 is 1.00 bits per heavy atom. The number of rotatable bonds is 2. The molecule has 0 aromatic rings. The summed E-state index contributed by atoms with van der Waals surface area (Å²) in [4.78, 5) is 0. The first-order valence-electron chi connectivity index (χ1n) is 4.67. The number of hydrogen-bond acceptors (Lipinski definition) is 7. The molecule has 0 unspecified atom stereocenters. The number of allylic oxidation sites excluding steroid dienone is 4. The molecule has 2 heterocycles. The molecule has 0 radical (unpaired) electrons. The summed E-state index contributed by atoms with van der Waals surface area (Å²) in [7, 11) is 0. The van der Waals surface area contributed by atoms with Crippen molar-refractivity contribution in [1.29, 1.82) is 0 Å². The second-order valence-corrected chi connectivity index (χ2v) is 6.45. The van der Waals surface area contributed by atoms with Gasteiger partial charge in [-0.1, -0.05) is 0 Å². The molecular formula is C8H12Cr2N2O7. The normalized spacial score (nSPS) is 15.7. The average Bonchev–Trinajstić information content (AvgIpc) is 2.93. The Balaban J connectivity index is 0.000000273. The van der Waals surface area contributed by atoms with E-state index in [1.54, 1.807) is 0 Å². The van der Waals surface area contributed by atoms with E-state index in [0.29, 0.717) is 0 Å². The van der Waals surface area contributed by atoms with Gasteiger partial charge in [-0.25, -0.2) is 0 Å². The van der Waals surface area contributed by atoms with Crippen LogP contribution in [0.5, 0.6) is 0 Å². The van der Waals surface area contributed by atoms with Crippen LogP contribution in [-0.4, -0.2) is 0 Å². The maximum atomic E-state index is 9.38. The quantitative estimate of drug-likeness (QED) is 0.517.